The van der Waals surface area contributed by atoms with E-state index < -0.39 is 0 Å². The largest absolute Gasteiger partial charge is 0.331 e. The molecule has 0 amide bonds. The first-order valence-electron chi connectivity index (χ1n) is 12.4. The number of rotatable bonds is 3. The van der Waals surface area contributed by atoms with Gasteiger partial charge in [-0.15, -0.1) is 0 Å². The predicted octanol–water partition coefficient (Wildman–Crippen LogP) is 4.37. The first-order chi connectivity index (χ1) is 18.3. The second-order valence-corrected chi connectivity index (χ2v) is 9.26. The van der Waals surface area contributed by atoms with Crippen molar-refractivity contribution < 1.29 is 19.8 Å². The molecule has 0 radical (unpaired) electrons. The van der Waals surface area contributed by atoms with E-state index in [0.717, 1.165) is 41.1 Å². The summed E-state index contributed by atoms with van der Waals surface area (Å²) < 4.78 is 7.79. The van der Waals surface area contributed by atoms with Gasteiger partial charge in [-0.2, -0.15) is 0 Å². The minimum Gasteiger partial charge on any atom is -0.331 e. The number of aryl methyl sites for hydroxylation is 5. The molecule has 39 heavy (non-hydrogen) atoms. The van der Waals surface area contributed by atoms with E-state index in [0.29, 0.717) is 5.92 Å². The zero-order chi connectivity index (χ0) is 27.1. The molecule has 0 bridgehead atoms. The molecule has 0 saturated carbocycles. The molecular weight excluding hydrogens is 667 g/mol. The van der Waals surface area contributed by atoms with Crippen molar-refractivity contribution in [3.8, 4) is 23.3 Å². The van der Waals surface area contributed by atoms with Crippen LogP contribution in [0.1, 0.15) is 24.6 Å². The van der Waals surface area contributed by atoms with Crippen LogP contribution in [0.15, 0.2) is 85.2 Å². The number of nitrogens with zero attached hydrogens (tertiary/aromatic N) is 10. The number of allylic oxidation sites excluding steroid dienone is 1. The molecule has 0 fully saturated rings. The van der Waals surface area contributed by atoms with Crippen molar-refractivity contribution in [3.05, 3.63) is 91.4 Å². The standard InChI is InChI=1S/C12H14N2.2C8H10N4.Os/c1-9-3-5-13-11(7-9)12-8-10(2)4-6-14-12;2*1-11-5-3-9-7(11)8-10-4-6-12(8)2;/h3-7,10H,8H2,1-2H3;2*3-6H,1-2H3;. The van der Waals surface area contributed by atoms with Crippen molar-refractivity contribution >= 4 is 5.71 Å². The van der Waals surface area contributed by atoms with E-state index in [1.54, 1.807) is 24.8 Å². The van der Waals surface area contributed by atoms with Gasteiger partial charge in [0.25, 0.3) is 0 Å². The molecule has 204 valence electrons. The van der Waals surface area contributed by atoms with Gasteiger partial charge in [-0.25, -0.2) is 19.9 Å². The maximum Gasteiger partial charge on any atom is 0.176 e. The number of aliphatic imine (C=N–C) groups is 1. The summed E-state index contributed by atoms with van der Waals surface area (Å²) in [5.74, 6) is 4.14. The average Bonchev–Trinajstić information content (AvgIpc) is 3.70. The Bertz CT molecular complexity index is 1380. The number of imidazole rings is 4. The average molecular weight is 701 g/mol. The van der Waals surface area contributed by atoms with Gasteiger partial charge < -0.3 is 18.3 Å². The van der Waals surface area contributed by atoms with Gasteiger partial charge in [0.05, 0.1) is 11.4 Å². The fraction of sp³-hybridized carbons (Fsp3) is 0.286. The van der Waals surface area contributed by atoms with Gasteiger partial charge >= 0.3 is 0 Å². The van der Waals surface area contributed by atoms with Crippen LogP contribution in [-0.4, -0.2) is 48.9 Å². The van der Waals surface area contributed by atoms with Crippen LogP contribution < -0.4 is 0 Å². The van der Waals surface area contributed by atoms with Crippen molar-refractivity contribution in [2.24, 2.45) is 39.1 Å². The Kier molecular flexibility index (Phi) is 10.4. The van der Waals surface area contributed by atoms with E-state index in [9.17, 15) is 0 Å². The van der Waals surface area contributed by atoms with Crippen molar-refractivity contribution in [1.29, 1.82) is 0 Å². The molecule has 1 atom stereocenters. The molecule has 10 nitrogen and oxygen atoms in total. The minimum absolute atomic E-state index is 0. The van der Waals surface area contributed by atoms with Crippen molar-refractivity contribution in [2.45, 2.75) is 20.3 Å². The molecule has 1 aliphatic heterocycles. The van der Waals surface area contributed by atoms with E-state index in [2.05, 4.69) is 55.9 Å². The SMILES string of the molecule is Cc1ccnc(C2=NC=CC(C)C2)c1.Cn1ccnc1-c1nccn1C.Cn1ccnc1-c1nccn1C.[Os]. The van der Waals surface area contributed by atoms with Gasteiger partial charge in [0.2, 0.25) is 0 Å². The fourth-order valence-electron chi connectivity index (χ4n) is 3.89. The summed E-state index contributed by atoms with van der Waals surface area (Å²) in [6.07, 6.45) is 21.5. The smallest absolute Gasteiger partial charge is 0.176 e. The topological polar surface area (TPSA) is 96.5 Å². The van der Waals surface area contributed by atoms with Crippen LogP contribution in [0.25, 0.3) is 23.3 Å². The summed E-state index contributed by atoms with van der Waals surface area (Å²) in [4.78, 5) is 25.5. The molecule has 6 heterocycles. The Labute approximate surface area is 242 Å². The summed E-state index contributed by atoms with van der Waals surface area (Å²) in [7, 11) is 7.82. The normalized spacial score (nSPS) is 13.9. The second-order valence-electron chi connectivity index (χ2n) is 9.26. The zero-order valence-electron chi connectivity index (χ0n) is 23.1. The van der Waals surface area contributed by atoms with E-state index in [1.165, 1.54) is 5.56 Å². The monoisotopic (exact) mass is 702 g/mol. The van der Waals surface area contributed by atoms with E-state index >= 15 is 0 Å². The van der Waals surface area contributed by atoms with Crippen LogP contribution in [0, 0.1) is 12.8 Å². The van der Waals surface area contributed by atoms with Crippen LogP contribution in [-0.2, 0) is 48.0 Å². The van der Waals surface area contributed by atoms with Crippen LogP contribution >= 0.6 is 0 Å². The molecule has 0 spiro atoms. The first kappa shape index (κ1) is 29.6. The van der Waals surface area contributed by atoms with Gasteiger partial charge in [-0.3, -0.25) is 9.98 Å². The number of hydrogen-bond acceptors (Lipinski definition) is 6. The van der Waals surface area contributed by atoms with E-state index in [4.69, 9.17) is 0 Å². The predicted molar refractivity (Wildman–Crippen MR) is 149 cm³/mol. The summed E-state index contributed by atoms with van der Waals surface area (Å²) >= 11 is 0. The summed E-state index contributed by atoms with van der Waals surface area (Å²) in [5.41, 5.74) is 3.35. The minimum atomic E-state index is 0. The van der Waals surface area contributed by atoms with Gasteiger partial charge in [-0.05, 0) is 37.0 Å². The quantitative estimate of drug-likeness (QED) is 0.279. The molecule has 0 saturated heterocycles. The van der Waals surface area contributed by atoms with Crippen molar-refractivity contribution in [3.63, 3.8) is 0 Å². The number of pyridine rings is 1. The summed E-state index contributed by atoms with van der Waals surface area (Å²) in [5, 5.41) is 0. The first-order valence-corrected chi connectivity index (χ1v) is 12.4. The maximum absolute atomic E-state index is 4.36. The Balaban J connectivity index is 0.000000160. The Morgan fingerprint density at radius 1 is 0.667 bits per heavy atom. The molecule has 5 aromatic rings. The third-order valence-electron chi connectivity index (χ3n) is 6.06. The van der Waals surface area contributed by atoms with Gasteiger partial charge in [0.1, 0.15) is 0 Å². The van der Waals surface area contributed by atoms with Gasteiger partial charge in [0, 0.05) is 110 Å². The molecule has 11 heteroatoms. The molecular formula is C28H34N10Os. The zero-order valence-corrected chi connectivity index (χ0v) is 25.7. The van der Waals surface area contributed by atoms with Crippen LogP contribution in [0.5, 0.6) is 0 Å². The molecule has 6 rings (SSSR count). The number of hydrogen-bond donors (Lipinski definition) is 0. The Morgan fingerprint density at radius 3 is 1.44 bits per heavy atom. The number of aromatic nitrogens is 9. The maximum atomic E-state index is 4.36. The fourth-order valence-corrected chi connectivity index (χ4v) is 3.89. The van der Waals surface area contributed by atoms with E-state index in [1.807, 2.05) is 89.7 Å². The molecule has 5 aromatic heterocycles. The van der Waals surface area contributed by atoms with Crippen molar-refractivity contribution in [2.75, 3.05) is 0 Å². The summed E-state index contributed by atoms with van der Waals surface area (Å²) in [6.45, 7) is 4.27. The molecule has 1 unspecified atom stereocenters. The van der Waals surface area contributed by atoms with Crippen LogP contribution in [0.2, 0.25) is 0 Å². The Hall–Kier alpha value is -3.96. The second kappa shape index (κ2) is 13.7. The molecule has 0 N–H and O–H groups in total. The Morgan fingerprint density at radius 2 is 1.10 bits per heavy atom. The summed E-state index contributed by atoms with van der Waals surface area (Å²) in [6, 6.07) is 4.09. The van der Waals surface area contributed by atoms with Gasteiger partial charge in [0.15, 0.2) is 23.3 Å². The third kappa shape index (κ3) is 7.55. The van der Waals surface area contributed by atoms with Crippen LogP contribution in [0.4, 0.5) is 0 Å². The molecule has 0 aliphatic carbocycles. The third-order valence-corrected chi connectivity index (χ3v) is 6.06. The van der Waals surface area contributed by atoms with E-state index in [-0.39, 0.29) is 19.8 Å². The molecule has 0 aromatic carbocycles. The van der Waals surface area contributed by atoms with Gasteiger partial charge in [-0.1, -0.05) is 13.0 Å². The van der Waals surface area contributed by atoms with Crippen molar-refractivity contribution in [1.82, 2.24) is 43.2 Å². The molecule has 1 aliphatic rings. The van der Waals surface area contributed by atoms with Crippen LogP contribution in [0.3, 0.4) is 0 Å².